The van der Waals surface area contributed by atoms with Crippen LogP contribution in [0.2, 0.25) is 0 Å². The highest BCUT2D eigenvalue weighted by Crippen LogP contribution is 2.17. The number of nitrogens with zero attached hydrogens (tertiary/aromatic N) is 2. The third-order valence-corrected chi connectivity index (χ3v) is 2.65. The molecule has 0 saturated carbocycles. The molecule has 17 heavy (non-hydrogen) atoms. The Hall–Kier alpha value is -1.62. The molecule has 3 nitrogen and oxygen atoms in total. The number of hydrogen-bond donors (Lipinski definition) is 0. The molecule has 2 aromatic rings. The predicted molar refractivity (Wildman–Crippen MR) is 64.3 cm³/mol. The molecule has 0 bridgehead atoms. The number of carbonyl (C=O) groups is 1. The first-order valence-electron chi connectivity index (χ1n) is 4.86. The lowest BCUT2D eigenvalue weighted by Gasteiger charge is -2.02. The van der Waals surface area contributed by atoms with Gasteiger partial charge in [0.2, 0.25) is 11.6 Å². The van der Waals surface area contributed by atoms with Crippen molar-refractivity contribution >= 4 is 21.7 Å². The second kappa shape index (κ2) is 4.71. The zero-order valence-electron chi connectivity index (χ0n) is 8.95. The number of ketones is 1. The van der Waals surface area contributed by atoms with Crippen LogP contribution in [0.1, 0.15) is 21.7 Å². The molecule has 0 N–H and O–H groups in total. The molecule has 0 amide bonds. The zero-order chi connectivity index (χ0) is 12.4. The van der Waals surface area contributed by atoms with Crippen LogP contribution < -0.4 is 0 Å². The van der Waals surface area contributed by atoms with Crippen LogP contribution >= 0.6 is 15.9 Å². The Morgan fingerprint density at radius 3 is 2.59 bits per heavy atom. The van der Waals surface area contributed by atoms with Gasteiger partial charge in [0.15, 0.2) is 0 Å². The maximum Gasteiger partial charge on any atom is 0.233 e. The van der Waals surface area contributed by atoms with Crippen LogP contribution in [0.3, 0.4) is 0 Å². The molecule has 1 heterocycles. The minimum absolute atomic E-state index is 0.00685. The summed E-state index contributed by atoms with van der Waals surface area (Å²) in [5.74, 6) is -1.11. The molecule has 0 fully saturated rings. The number of carbonyl (C=O) groups excluding carboxylic acids is 1. The number of hydrogen-bond acceptors (Lipinski definition) is 3. The van der Waals surface area contributed by atoms with E-state index >= 15 is 0 Å². The van der Waals surface area contributed by atoms with Crippen LogP contribution in [-0.4, -0.2) is 15.8 Å². The van der Waals surface area contributed by atoms with E-state index in [0.29, 0.717) is 4.47 Å². The van der Waals surface area contributed by atoms with Crippen LogP contribution in [-0.2, 0) is 0 Å². The molecule has 0 atom stereocenters. The van der Waals surface area contributed by atoms with Gasteiger partial charge in [-0.1, -0.05) is 15.9 Å². The second-order valence-electron chi connectivity index (χ2n) is 3.54. The minimum atomic E-state index is -0.581. The van der Waals surface area contributed by atoms with Crippen molar-refractivity contribution in [1.82, 2.24) is 9.97 Å². The maximum absolute atomic E-state index is 13.5. The van der Waals surface area contributed by atoms with Gasteiger partial charge in [0.1, 0.15) is 5.82 Å². The number of aryl methyl sites for hydroxylation is 1. The summed E-state index contributed by atoms with van der Waals surface area (Å²) in [5.41, 5.74) is 0.805. The lowest BCUT2D eigenvalue weighted by molar-refractivity contribution is 0.102. The summed E-state index contributed by atoms with van der Waals surface area (Å²) in [6.45, 7) is 1.81. The molecule has 2 rings (SSSR count). The minimum Gasteiger partial charge on any atom is -0.285 e. The molecule has 1 aromatic carbocycles. The summed E-state index contributed by atoms with van der Waals surface area (Å²) in [4.78, 5) is 19.7. The van der Waals surface area contributed by atoms with Crippen molar-refractivity contribution in [3.05, 3.63) is 57.8 Å². The first kappa shape index (κ1) is 11.9. The summed E-state index contributed by atoms with van der Waals surface area (Å²) in [7, 11) is 0. The molecule has 0 spiro atoms. The Kier molecular flexibility index (Phi) is 3.28. The third kappa shape index (κ3) is 2.55. The van der Waals surface area contributed by atoms with Crippen molar-refractivity contribution in [3.63, 3.8) is 0 Å². The Labute approximate surface area is 106 Å². The Balaban J connectivity index is 2.43. The standard InChI is InChI=1S/C12H8BrFN2O/c1-7-5-15-12(16-6-7)11(17)9-4-8(13)2-3-10(9)14/h2-6H,1H3. The quantitative estimate of drug-likeness (QED) is 0.800. The van der Waals surface area contributed by atoms with E-state index in [1.807, 2.05) is 6.92 Å². The zero-order valence-corrected chi connectivity index (χ0v) is 10.5. The molecule has 0 radical (unpaired) electrons. The molecule has 0 aliphatic rings. The first-order chi connectivity index (χ1) is 8.08. The van der Waals surface area contributed by atoms with Crippen molar-refractivity contribution < 1.29 is 9.18 Å². The highest BCUT2D eigenvalue weighted by Gasteiger charge is 2.16. The van der Waals surface area contributed by atoms with Crippen LogP contribution in [0.4, 0.5) is 4.39 Å². The number of halogens is 2. The smallest absolute Gasteiger partial charge is 0.233 e. The van der Waals surface area contributed by atoms with Crippen molar-refractivity contribution in [2.24, 2.45) is 0 Å². The molecule has 0 aliphatic carbocycles. The Morgan fingerprint density at radius 1 is 1.29 bits per heavy atom. The largest absolute Gasteiger partial charge is 0.285 e. The van der Waals surface area contributed by atoms with Gasteiger partial charge in [-0.15, -0.1) is 0 Å². The van der Waals surface area contributed by atoms with Gasteiger partial charge in [0.25, 0.3) is 0 Å². The monoisotopic (exact) mass is 294 g/mol. The molecule has 86 valence electrons. The van der Waals surface area contributed by atoms with Crippen molar-refractivity contribution in [2.75, 3.05) is 0 Å². The van der Waals surface area contributed by atoms with Gasteiger partial charge in [0.05, 0.1) is 5.56 Å². The van der Waals surface area contributed by atoms with Crippen molar-refractivity contribution in [2.45, 2.75) is 6.92 Å². The highest BCUT2D eigenvalue weighted by molar-refractivity contribution is 9.10. The van der Waals surface area contributed by atoms with Crippen LogP contribution in [0.15, 0.2) is 35.1 Å². The summed E-state index contributed by atoms with van der Waals surface area (Å²) < 4.78 is 14.1. The molecule has 0 aliphatic heterocycles. The van der Waals surface area contributed by atoms with Gasteiger partial charge >= 0.3 is 0 Å². The molecular weight excluding hydrogens is 287 g/mol. The van der Waals surface area contributed by atoms with Gasteiger partial charge in [-0.25, -0.2) is 14.4 Å². The average molecular weight is 295 g/mol. The molecule has 5 heteroatoms. The summed E-state index contributed by atoms with van der Waals surface area (Å²) in [6, 6.07) is 4.18. The SMILES string of the molecule is Cc1cnc(C(=O)c2cc(Br)ccc2F)nc1. The highest BCUT2D eigenvalue weighted by atomic mass is 79.9. The van der Waals surface area contributed by atoms with Crippen LogP contribution in [0.25, 0.3) is 0 Å². The second-order valence-corrected chi connectivity index (χ2v) is 4.45. The van der Waals surface area contributed by atoms with Crippen molar-refractivity contribution in [1.29, 1.82) is 0 Å². The maximum atomic E-state index is 13.5. The first-order valence-corrected chi connectivity index (χ1v) is 5.65. The van der Waals surface area contributed by atoms with E-state index in [-0.39, 0.29) is 11.4 Å². The van der Waals surface area contributed by atoms with Gasteiger partial charge in [-0.05, 0) is 30.7 Å². The number of benzene rings is 1. The van der Waals surface area contributed by atoms with Gasteiger partial charge in [-0.3, -0.25) is 4.79 Å². The molecule has 1 aromatic heterocycles. The van der Waals surface area contributed by atoms with E-state index in [9.17, 15) is 9.18 Å². The molecule has 0 unspecified atom stereocenters. The van der Waals surface area contributed by atoms with E-state index in [0.717, 1.165) is 5.56 Å². The fraction of sp³-hybridized carbons (Fsp3) is 0.0833. The summed E-state index contributed by atoms with van der Waals surface area (Å²) >= 11 is 3.19. The van der Waals surface area contributed by atoms with Crippen LogP contribution in [0, 0.1) is 12.7 Å². The fourth-order valence-corrected chi connectivity index (χ4v) is 1.66. The van der Waals surface area contributed by atoms with Gasteiger partial charge < -0.3 is 0 Å². The Morgan fingerprint density at radius 2 is 1.94 bits per heavy atom. The van der Waals surface area contributed by atoms with E-state index in [1.54, 1.807) is 0 Å². The van der Waals surface area contributed by atoms with E-state index < -0.39 is 11.6 Å². The van der Waals surface area contributed by atoms with E-state index in [4.69, 9.17) is 0 Å². The van der Waals surface area contributed by atoms with Gasteiger partial charge in [-0.2, -0.15) is 0 Å². The summed E-state index contributed by atoms with van der Waals surface area (Å²) in [5, 5.41) is 0. The number of aromatic nitrogens is 2. The topological polar surface area (TPSA) is 42.9 Å². The molecule has 0 saturated heterocycles. The molecular formula is C12H8BrFN2O. The van der Waals surface area contributed by atoms with E-state index in [2.05, 4.69) is 25.9 Å². The lowest BCUT2D eigenvalue weighted by atomic mass is 10.1. The normalized spacial score (nSPS) is 10.3. The lowest BCUT2D eigenvalue weighted by Crippen LogP contribution is -2.09. The average Bonchev–Trinajstić information content (AvgIpc) is 2.32. The van der Waals surface area contributed by atoms with E-state index in [1.165, 1.54) is 30.6 Å². The predicted octanol–water partition coefficient (Wildman–Crippen LogP) is 2.92. The van der Waals surface area contributed by atoms with Gasteiger partial charge in [0, 0.05) is 16.9 Å². The fourth-order valence-electron chi connectivity index (χ4n) is 1.30. The third-order valence-electron chi connectivity index (χ3n) is 2.16. The van der Waals surface area contributed by atoms with Crippen LogP contribution in [0.5, 0.6) is 0 Å². The summed E-state index contributed by atoms with van der Waals surface area (Å²) in [6.07, 6.45) is 3.05. The van der Waals surface area contributed by atoms with Crippen molar-refractivity contribution in [3.8, 4) is 0 Å². The number of rotatable bonds is 2. The Bertz CT molecular complexity index is 569.